The second kappa shape index (κ2) is 7.72. The van der Waals surface area contributed by atoms with Gasteiger partial charge in [-0.15, -0.1) is 0 Å². The lowest BCUT2D eigenvalue weighted by atomic mass is 9.74. The molecular formula is C18H22ClNO5. The lowest BCUT2D eigenvalue weighted by Crippen LogP contribution is -2.47. The molecule has 0 aliphatic carbocycles. The highest BCUT2D eigenvalue weighted by Crippen LogP contribution is 2.38. The van der Waals surface area contributed by atoms with Crippen LogP contribution < -0.4 is 5.32 Å². The summed E-state index contributed by atoms with van der Waals surface area (Å²) in [5.74, 6) is -1.28. The van der Waals surface area contributed by atoms with Gasteiger partial charge in [0, 0.05) is 30.2 Å². The Morgan fingerprint density at radius 2 is 1.88 bits per heavy atom. The lowest BCUT2D eigenvalue weighted by Gasteiger charge is -2.38. The van der Waals surface area contributed by atoms with Crippen LogP contribution in [0, 0.1) is 0 Å². The van der Waals surface area contributed by atoms with E-state index in [1.807, 2.05) is 24.3 Å². The predicted molar refractivity (Wildman–Crippen MR) is 91.7 cm³/mol. The Kier molecular flexibility index (Phi) is 5.61. The van der Waals surface area contributed by atoms with Crippen molar-refractivity contribution >= 4 is 23.5 Å². The van der Waals surface area contributed by atoms with Gasteiger partial charge in [0.2, 0.25) is 5.91 Å². The molecule has 2 fully saturated rings. The number of amides is 1. The Labute approximate surface area is 151 Å². The van der Waals surface area contributed by atoms with Crippen molar-refractivity contribution in [2.75, 3.05) is 19.8 Å². The SMILES string of the molecule is O=C(NCC1(c2ccccc2Cl)CCOCC1)[C@@H]1CC[C@H](C(=O)O)O1. The van der Waals surface area contributed by atoms with Crippen molar-refractivity contribution < 1.29 is 24.2 Å². The average molecular weight is 368 g/mol. The van der Waals surface area contributed by atoms with Crippen LogP contribution in [0.15, 0.2) is 24.3 Å². The third kappa shape index (κ3) is 3.97. The van der Waals surface area contributed by atoms with E-state index in [4.69, 9.17) is 26.2 Å². The minimum atomic E-state index is -1.02. The summed E-state index contributed by atoms with van der Waals surface area (Å²) in [4.78, 5) is 23.4. The monoisotopic (exact) mass is 367 g/mol. The van der Waals surface area contributed by atoms with Crippen LogP contribution in [0.4, 0.5) is 0 Å². The molecule has 7 heteroatoms. The van der Waals surface area contributed by atoms with Gasteiger partial charge in [0.15, 0.2) is 6.10 Å². The van der Waals surface area contributed by atoms with E-state index in [9.17, 15) is 9.59 Å². The van der Waals surface area contributed by atoms with E-state index in [1.165, 1.54) is 0 Å². The summed E-state index contributed by atoms with van der Waals surface area (Å²) in [5.41, 5.74) is 0.730. The second-order valence-electron chi connectivity index (χ2n) is 6.62. The van der Waals surface area contributed by atoms with Gasteiger partial charge >= 0.3 is 5.97 Å². The molecular weight excluding hydrogens is 346 g/mol. The Balaban J connectivity index is 1.69. The highest BCUT2D eigenvalue weighted by molar-refractivity contribution is 6.31. The molecule has 1 amide bonds. The molecule has 2 aliphatic rings. The van der Waals surface area contributed by atoms with Crippen molar-refractivity contribution in [3.63, 3.8) is 0 Å². The van der Waals surface area contributed by atoms with Crippen LogP contribution in [0.3, 0.4) is 0 Å². The number of halogens is 1. The van der Waals surface area contributed by atoms with Gasteiger partial charge in [-0.05, 0) is 37.3 Å². The van der Waals surface area contributed by atoms with Gasteiger partial charge in [-0.25, -0.2) is 4.79 Å². The standard InChI is InChI=1S/C18H22ClNO5/c19-13-4-2-1-3-12(13)18(7-9-24-10-8-18)11-20-16(21)14-5-6-15(25-14)17(22)23/h1-4,14-15H,5-11H2,(H,20,21)(H,22,23)/t14-,15+/m0/s1. The molecule has 1 aromatic rings. The first-order valence-electron chi connectivity index (χ1n) is 8.51. The molecule has 2 atom stereocenters. The smallest absolute Gasteiger partial charge is 0.332 e. The zero-order valence-electron chi connectivity index (χ0n) is 13.9. The molecule has 0 radical (unpaired) electrons. The number of aliphatic carboxylic acids is 1. The van der Waals surface area contributed by atoms with Crippen molar-refractivity contribution in [2.45, 2.75) is 43.3 Å². The molecule has 136 valence electrons. The number of carbonyl (C=O) groups is 2. The first-order valence-corrected chi connectivity index (χ1v) is 8.88. The van der Waals surface area contributed by atoms with Crippen molar-refractivity contribution in [2.24, 2.45) is 0 Å². The summed E-state index contributed by atoms with van der Waals surface area (Å²) < 4.78 is 10.8. The Morgan fingerprint density at radius 1 is 1.20 bits per heavy atom. The Bertz CT molecular complexity index is 644. The number of hydrogen-bond donors (Lipinski definition) is 2. The van der Waals surface area contributed by atoms with Crippen LogP contribution in [0.25, 0.3) is 0 Å². The van der Waals surface area contributed by atoms with E-state index in [2.05, 4.69) is 5.32 Å². The summed E-state index contributed by atoms with van der Waals surface area (Å²) in [7, 11) is 0. The van der Waals surface area contributed by atoms with E-state index in [0.717, 1.165) is 18.4 Å². The maximum Gasteiger partial charge on any atom is 0.332 e. The van der Waals surface area contributed by atoms with Gasteiger partial charge in [-0.2, -0.15) is 0 Å². The second-order valence-corrected chi connectivity index (χ2v) is 7.03. The van der Waals surface area contributed by atoms with Crippen molar-refractivity contribution in [3.05, 3.63) is 34.9 Å². The van der Waals surface area contributed by atoms with Gasteiger partial charge in [0.25, 0.3) is 0 Å². The van der Waals surface area contributed by atoms with E-state index in [0.29, 0.717) is 37.6 Å². The molecule has 2 heterocycles. The molecule has 6 nitrogen and oxygen atoms in total. The zero-order chi connectivity index (χ0) is 17.9. The minimum Gasteiger partial charge on any atom is -0.479 e. The number of carboxylic acids is 1. The van der Waals surface area contributed by atoms with Gasteiger partial charge in [0.1, 0.15) is 6.10 Å². The third-order valence-corrected chi connectivity index (χ3v) is 5.41. The van der Waals surface area contributed by atoms with Crippen LogP contribution in [-0.2, 0) is 24.5 Å². The highest BCUT2D eigenvalue weighted by atomic mass is 35.5. The van der Waals surface area contributed by atoms with E-state index in [-0.39, 0.29) is 11.3 Å². The van der Waals surface area contributed by atoms with Gasteiger partial charge < -0.3 is 19.9 Å². The normalized spacial score (nSPS) is 25.5. The van der Waals surface area contributed by atoms with Gasteiger partial charge in [0.05, 0.1) is 0 Å². The molecule has 0 unspecified atom stereocenters. The molecule has 1 aromatic carbocycles. The fourth-order valence-corrected chi connectivity index (χ4v) is 3.91. The topological polar surface area (TPSA) is 84.9 Å². The number of rotatable bonds is 5. The molecule has 2 N–H and O–H groups in total. The summed E-state index contributed by atoms with van der Waals surface area (Å²) in [5, 5.41) is 12.6. The van der Waals surface area contributed by atoms with E-state index >= 15 is 0 Å². The van der Waals surface area contributed by atoms with E-state index in [1.54, 1.807) is 0 Å². The fraction of sp³-hybridized carbons (Fsp3) is 0.556. The summed E-state index contributed by atoms with van der Waals surface area (Å²) >= 11 is 6.40. The van der Waals surface area contributed by atoms with Crippen molar-refractivity contribution in [3.8, 4) is 0 Å². The van der Waals surface area contributed by atoms with Gasteiger partial charge in [-0.3, -0.25) is 4.79 Å². The number of carboxylic acid groups (broad SMARTS) is 1. The Hall–Kier alpha value is -1.63. The Morgan fingerprint density at radius 3 is 2.52 bits per heavy atom. The fourth-order valence-electron chi connectivity index (χ4n) is 3.58. The quantitative estimate of drug-likeness (QED) is 0.832. The summed E-state index contributed by atoms with van der Waals surface area (Å²) in [6.07, 6.45) is 0.711. The molecule has 2 saturated heterocycles. The third-order valence-electron chi connectivity index (χ3n) is 5.08. The molecule has 0 bridgehead atoms. The molecule has 25 heavy (non-hydrogen) atoms. The first kappa shape index (κ1) is 18.2. The molecule has 3 rings (SSSR count). The summed E-state index contributed by atoms with van der Waals surface area (Å²) in [6, 6.07) is 7.67. The molecule has 0 saturated carbocycles. The first-order chi connectivity index (χ1) is 12.0. The molecule has 0 aromatic heterocycles. The minimum absolute atomic E-state index is 0.262. The predicted octanol–water partition coefficient (Wildman–Crippen LogP) is 2.14. The van der Waals surface area contributed by atoms with Gasteiger partial charge in [-0.1, -0.05) is 29.8 Å². The maximum absolute atomic E-state index is 12.4. The zero-order valence-corrected chi connectivity index (χ0v) is 14.6. The highest BCUT2D eigenvalue weighted by Gasteiger charge is 2.39. The summed E-state index contributed by atoms with van der Waals surface area (Å²) in [6.45, 7) is 1.65. The average Bonchev–Trinajstić information content (AvgIpc) is 3.11. The molecule has 2 aliphatic heterocycles. The van der Waals surface area contributed by atoms with E-state index < -0.39 is 18.2 Å². The van der Waals surface area contributed by atoms with Crippen LogP contribution in [-0.4, -0.2) is 48.9 Å². The van der Waals surface area contributed by atoms with Crippen molar-refractivity contribution in [1.29, 1.82) is 0 Å². The van der Waals surface area contributed by atoms with Crippen LogP contribution in [0.5, 0.6) is 0 Å². The molecule has 0 spiro atoms. The number of carbonyl (C=O) groups excluding carboxylic acids is 1. The van der Waals surface area contributed by atoms with Crippen LogP contribution in [0.1, 0.15) is 31.2 Å². The maximum atomic E-state index is 12.4. The number of nitrogens with one attached hydrogen (secondary N) is 1. The van der Waals surface area contributed by atoms with Crippen molar-refractivity contribution in [1.82, 2.24) is 5.32 Å². The van der Waals surface area contributed by atoms with Crippen LogP contribution in [0.2, 0.25) is 5.02 Å². The number of hydrogen-bond acceptors (Lipinski definition) is 4. The largest absolute Gasteiger partial charge is 0.479 e. The number of benzene rings is 1. The lowest BCUT2D eigenvalue weighted by molar-refractivity contribution is -0.151. The van der Waals surface area contributed by atoms with Crippen LogP contribution >= 0.6 is 11.6 Å². The number of ether oxygens (including phenoxy) is 2.